The van der Waals surface area contributed by atoms with E-state index in [1.54, 1.807) is 7.11 Å². The highest BCUT2D eigenvalue weighted by molar-refractivity contribution is 6.30. The van der Waals surface area contributed by atoms with Gasteiger partial charge in [0, 0.05) is 24.2 Å². The Kier molecular flexibility index (Phi) is 7.33. The molecule has 0 saturated heterocycles. The lowest BCUT2D eigenvalue weighted by molar-refractivity contribution is 0.155. The molecule has 102 valence electrons. The molecule has 2 atom stereocenters. The maximum Gasteiger partial charge on any atom is 0.0616 e. The summed E-state index contributed by atoms with van der Waals surface area (Å²) in [5, 5.41) is 4.46. The van der Waals surface area contributed by atoms with Crippen molar-refractivity contribution in [3.63, 3.8) is 0 Å². The Morgan fingerprint density at radius 2 is 2.11 bits per heavy atom. The van der Waals surface area contributed by atoms with Crippen molar-refractivity contribution in [2.45, 2.75) is 45.2 Å². The van der Waals surface area contributed by atoms with Crippen LogP contribution >= 0.6 is 11.6 Å². The zero-order valence-electron chi connectivity index (χ0n) is 11.6. The van der Waals surface area contributed by atoms with E-state index >= 15 is 0 Å². The number of rotatable bonds is 8. The molecule has 0 amide bonds. The van der Waals surface area contributed by atoms with Gasteiger partial charge in [-0.2, -0.15) is 0 Å². The molecule has 0 radical (unpaired) electrons. The fourth-order valence-electron chi connectivity index (χ4n) is 2.22. The van der Waals surface area contributed by atoms with Gasteiger partial charge in [-0.1, -0.05) is 44.0 Å². The van der Waals surface area contributed by atoms with Crippen molar-refractivity contribution in [1.82, 2.24) is 5.32 Å². The van der Waals surface area contributed by atoms with Gasteiger partial charge in [0.25, 0.3) is 0 Å². The molecule has 0 aliphatic heterocycles. The Bertz CT molecular complexity index is 337. The van der Waals surface area contributed by atoms with E-state index in [-0.39, 0.29) is 0 Å². The van der Waals surface area contributed by atoms with Crippen molar-refractivity contribution < 1.29 is 4.74 Å². The monoisotopic (exact) mass is 269 g/mol. The fraction of sp³-hybridized carbons (Fsp3) is 0.600. The highest BCUT2D eigenvalue weighted by Crippen LogP contribution is 2.21. The summed E-state index contributed by atoms with van der Waals surface area (Å²) in [4.78, 5) is 0. The van der Waals surface area contributed by atoms with Crippen LogP contribution in [0.1, 0.15) is 44.7 Å². The van der Waals surface area contributed by atoms with Crippen LogP contribution in [-0.4, -0.2) is 19.8 Å². The molecule has 0 aliphatic carbocycles. The summed E-state index contributed by atoms with van der Waals surface area (Å²) in [5.41, 5.74) is 1.25. The van der Waals surface area contributed by atoms with E-state index in [0.717, 1.165) is 30.9 Å². The van der Waals surface area contributed by atoms with Gasteiger partial charge in [-0.05, 0) is 30.5 Å². The predicted octanol–water partition coefficient (Wildman–Crippen LogP) is 4.20. The van der Waals surface area contributed by atoms with Crippen molar-refractivity contribution in [2.75, 3.05) is 13.7 Å². The lowest BCUT2D eigenvalue weighted by atomic mass is 10.0. The van der Waals surface area contributed by atoms with E-state index in [4.69, 9.17) is 16.3 Å². The Hall–Kier alpha value is -0.570. The molecule has 0 saturated carbocycles. The zero-order valence-corrected chi connectivity index (χ0v) is 12.3. The van der Waals surface area contributed by atoms with Gasteiger partial charge in [0.15, 0.2) is 0 Å². The van der Waals surface area contributed by atoms with E-state index in [2.05, 4.69) is 25.2 Å². The molecule has 0 spiro atoms. The molecule has 3 heteroatoms. The van der Waals surface area contributed by atoms with E-state index in [0.29, 0.717) is 12.1 Å². The number of ether oxygens (including phenoxy) is 1. The number of methoxy groups -OCH3 is 1. The molecule has 1 rings (SSSR count). The second-order valence-corrected chi connectivity index (χ2v) is 5.06. The third kappa shape index (κ3) is 4.97. The molecule has 1 aromatic rings. The number of hydrogen-bond donors (Lipinski definition) is 1. The fourth-order valence-corrected chi connectivity index (χ4v) is 2.42. The van der Waals surface area contributed by atoms with E-state index in [1.807, 2.05) is 18.2 Å². The summed E-state index contributed by atoms with van der Waals surface area (Å²) in [6, 6.07) is 8.84. The second-order valence-electron chi connectivity index (χ2n) is 4.62. The molecule has 0 fully saturated rings. The average molecular weight is 270 g/mol. The first kappa shape index (κ1) is 15.5. The summed E-state index contributed by atoms with van der Waals surface area (Å²) in [5.74, 6) is 0. The molecule has 18 heavy (non-hydrogen) atoms. The van der Waals surface area contributed by atoms with Gasteiger partial charge in [0.2, 0.25) is 0 Å². The number of benzene rings is 1. The van der Waals surface area contributed by atoms with Crippen molar-refractivity contribution in [2.24, 2.45) is 0 Å². The van der Waals surface area contributed by atoms with Crippen LogP contribution in [0.3, 0.4) is 0 Å². The topological polar surface area (TPSA) is 21.3 Å². The summed E-state index contributed by atoms with van der Waals surface area (Å²) in [6.07, 6.45) is 3.34. The van der Waals surface area contributed by atoms with Crippen LogP contribution in [0.2, 0.25) is 5.02 Å². The first-order chi connectivity index (χ1) is 8.71. The Morgan fingerprint density at radius 1 is 1.33 bits per heavy atom. The van der Waals surface area contributed by atoms with Crippen LogP contribution in [0.4, 0.5) is 0 Å². The highest BCUT2D eigenvalue weighted by atomic mass is 35.5. The lowest BCUT2D eigenvalue weighted by Crippen LogP contribution is -2.36. The SMILES string of the molecule is CCCC(COC)NC(CC)c1cccc(Cl)c1. The maximum atomic E-state index is 6.05. The second kappa shape index (κ2) is 8.52. The van der Waals surface area contributed by atoms with Gasteiger partial charge < -0.3 is 10.1 Å². The lowest BCUT2D eigenvalue weighted by Gasteiger charge is -2.25. The first-order valence-electron chi connectivity index (χ1n) is 6.71. The zero-order chi connectivity index (χ0) is 13.4. The molecule has 0 aliphatic rings. The van der Waals surface area contributed by atoms with Crippen LogP contribution in [0, 0.1) is 0 Å². The molecular weight excluding hydrogens is 246 g/mol. The summed E-state index contributed by atoms with van der Waals surface area (Å²) in [6.45, 7) is 5.14. The van der Waals surface area contributed by atoms with Crippen molar-refractivity contribution >= 4 is 11.6 Å². The molecule has 0 heterocycles. The summed E-state index contributed by atoms with van der Waals surface area (Å²) >= 11 is 6.05. The molecule has 2 nitrogen and oxygen atoms in total. The van der Waals surface area contributed by atoms with Gasteiger partial charge in [-0.25, -0.2) is 0 Å². The quantitative estimate of drug-likeness (QED) is 0.764. The number of halogens is 1. The molecule has 0 aromatic heterocycles. The van der Waals surface area contributed by atoms with Gasteiger partial charge in [-0.3, -0.25) is 0 Å². The van der Waals surface area contributed by atoms with E-state index in [9.17, 15) is 0 Å². The predicted molar refractivity (Wildman–Crippen MR) is 78.2 cm³/mol. The van der Waals surface area contributed by atoms with Crippen molar-refractivity contribution in [3.8, 4) is 0 Å². The molecule has 0 bridgehead atoms. The smallest absolute Gasteiger partial charge is 0.0616 e. The Balaban J connectivity index is 2.70. The Morgan fingerprint density at radius 3 is 2.67 bits per heavy atom. The van der Waals surface area contributed by atoms with Gasteiger partial charge >= 0.3 is 0 Å². The first-order valence-corrected chi connectivity index (χ1v) is 7.09. The van der Waals surface area contributed by atoms with Gasteiger partial charge in [-0.15, -0.1) is 0 Å². The van der Waals surface area contributed by atoms with Crippen LogP contribution in [0.5, 0.6) is 0 Å². The van der Waals surface area contributed by atoms with E-state index in [1.165, 1.54) is 5.56 Å². The number of nitrogens with one attached hydrogen (secondary N) is 1. The minimum absolute atomic E-state index is 0.343. The molecular formula is C15H24ClNO. The third-order valence-corrected chi connectivity index (χ3v) is 3.34. The van der Waals surface area contributed by atoms with Gasteiger partial charge in [0.05, 0.1) is 6.61 Å². The largest absolute Gasteiger partial charge is 0.383 e. The molecule has 2 unspecified atom stereocenters. The third-order valence-electron chi connectivity index (χ3n) is 3.10. The van der Waals surface area contributed by atoms with Crippen LogP contribution in [0.25, 0.3) is 0 Å². The summed E-state index contributed by atoms with van der Waals surface area (Å²) in [7, 11) is 1.75. The minimum Gasteiger partial charge on any atom is -0.383 e. The van der Waals surface area contributed by atoms with Crippen molar-refractivity contribution in [1.29, 1.82) is 0 Å². The number of hydrogen-bond acceptors (Lipinski definition) is 2. The van der Waals surface area contributed by atoms with Crippen LogP contribution in [-0.2, 0) is 4.74 Å². The maximum absolute atomic E-state index is 6.05. The average Bonchev–Trinajstić information content (AvgIpc) is 2.36. The van der Waals surface area contributed by atoms with Crippen LogP contribution < -0.4 is 5.32 Å². The summed E-state index contributed by atoms with van der Waals surface area (Å²) < 4.78 is 5.27. The van der Waals surface area contributed by atoms with Crippen molar-refractivity contribution in [3.05, 3.63) is 34.9 Å². The molecule has 1 aromatic carbocycles. The highest BCUT2D eigenvalue weighted by Gasteiger charge is 2.15. The Labute approximate surface area is 116 Å². The van der Waals surface area contributed by atoms with E-state index < -0.39 is 0 Å². The van der Waals surface area contributed by atoms with Crippen LogP contribution in [0.15, 0.2) is 24.3 Å². The van der Waals surface area contributed by atoms with Gasteiger partial charge in [0.1, 0.15) is 0 Å². The standard InChI is InChI=1S/C15H24ClNO/c1-4-7-14(11-18-3)17-15(5-2)12-8-6-9-13(16)10-12/h6,8-10,14-15,17H,4-5,7,11H2,1-3H3. The minimum atomic E-state index is 0.343. The normalized spacial score (nSPS) is 14.4. The molecule has 1 N–H and O–H groups in total.